The molecule has 0 spiro atoms. The summed E-state index contributed by atoms with van der Waals surface area (Å²) in [5.74, 6) is -5.00. The van der Waals surface area contributed by atoms with Crippen molar-refractivity contribution in [3.8, 4) is 0 Å². The normalized spacial score (nSPS) is 23.5. The average molecular weight is 1030 g/mol. The van der Waals surface area contributed by atoms with Crippen molar-refractivity contribution >= 4 is 47.5 Å². The molecule has 3 aliphatic rings. The van der Waals surface area contributed by atoms with E-state index in [1.54, 1.807) is 75.8 Å². The molecule has 7 amide bonds. The maximum absolute atomic E-state index is 14.7. The highest BCUT2D eigenvalue weighted by Gasteiger charge is 2.45. The van der Waals surface area contributed by atoms with Gasteiger partial charge >= 0.3 is 12.1 Å². The summed E-state index contributed by atoms with van der Waals surface area (Å²) >= 11 is 0. The first-order valence-corrected chi connectivity index (χ1v) is 26.1. The molecule has 1 unspecified atom stereocenters. The molecule has 2 aliphatic heterocycles. The summed E-state index contributed by atoms with van der Waals surface area (Å²) in [6, 6.07) is 5.39. The molecule has 0 bridgehead atoms. The summed E-state index contributed by atoms with van der Waals surface area (Å²) in [6.45, 7) is 16.8. The largest absolute Gasteiger partial charge is 0.442 e. The average Bonchev–Trinajstić information content (AvgIpc) is 3.97. The third-order valence-corrected chi connectivity index (χ3v) is 15.2. The molecular weight excluding hydrogens is 941 g/mol. The smallest absolute Gasteiger partial charge is 0.410 e. The minimum atomic E-state index is -1.08. The molecular formula is C54H84N6O13. The highest BCUT2D eigenvalue weighted by atomic mass is 16.7. The van der Waals surface area contributed by atoms with E-state index in [0.717, 1.165) is 0 Å². The van der Waals surface area contributed by atoms with Crippen LogP contribution in [0.25, 0.3) is 0 Å². The van der Waals surface area contributed by atoms with Crippen molar-refractivity contribution in [1.29, 1.82) is 0 Å². The Kier molecular flexibility index (Phi) is 22.4. The van der Waals surface area contributed by atoms with E-state index >= 15 is 0 Å². The molecule has 19 heteroatoms. The van der Waals surface area contributed by atoms with E-state index in [1.165, 1.54) is 26.2 Å². The van der Waals surface area contributed by atoms with Crippen LogP contribution in [0.5, 0.6) is 0 Å². The van der Waals surface area contributed by atoms with Gasteiger partial charge in [0.05, 0.1) is 54.2 Å². The van der Waals surface area contributed by atoms with Gasteiger partial charge in [-0.15, -0.1) is 5.06 Å². The number of hydrogen-bond donors (Lipinski definition) is 3. The molecule has 1 aliphatic carbocycles. The Bertz CT molecular complexity index is 2090. The van der Waals surface area contributed by atoms with Crippen molar-refractivity contribution in [1.82, 2.24) is 30.4 Å². The summed E-state index contributed by atoms with van der Waals surface area (Å²) in [6.07, 6.45) is 2.71. The van der Waals surface area contributed by atoms with Gasteiger partial charge in [0, 0.05) is 47.7 Å². The summed E-state index contributed by atoms with van der Waals surface area (Å²) in [7, 11) is 6.13. The quantitative estimate of drug-likeness (QED) is 0.0911. The molecule has 1 aromatic rings. The van der Waals surface area contributed by atoms with E-state index in [0.29, 0.717) is 49.3 Å². The number of likely N-dealkylation sites (N-methyl/N-ethyl adjacent to an activating group) is 2. The zero-order chi connectivity index (χ0) is 54.5. The summed E-state index contributed by atoms with van der Waals surface area (Å²) in [5, 5.41) is 17.3. The van der Waals surface area contributed by atoms with Crippen molar-refractivity contribution in [2.75, 3.05) is 34.9 Å². The van der Waals surface area contributed by atoms with Crippen molar-refractivity contribution < 1.29 is 62.5 Å². The van der Waals surface area contributed by atoms with Crippen LogP contribution in [0.4, 0.5) is 4.79 Å². The number of allylic oxidation sites excluding steroid dienone is 1. The number of carbonyl (C=O) groups excluding carboxylic acids is 8. The SMILES string of the molecule is CC[C@H](C)[C@@H]([C@@H](CC(=O)N1CCC[C@H]1[C@H](OC)[C@@H](C)C(=O)N[C@H](C)[C@@H](O)c1ccccc1)OC)N(C)C(=O)C(NC(=O)[C@H](C(C)C)N(C)C(=O)O[C@H]1/C=C/CC[C@@](C)(C(=O)ON2C(=O)CCC2=O)CC1)C(C)C. The van der Waals surface area contributed by atoms with Crippen molar-refractivity contribution in [3.05, 3.63) is 48.0 Å². The molecule has 12 atom stereocenters. The highest BCUT2D eigenvalue weighted by Crippen LogP contribution is 2.36. The highest BCUT2D eigenvalue weighted by molar-refractivity contribution is 6.01. The Balaban J connectivity index is 1.43. The number of imide groups is 1. The van der Waals surface area contributed by atoms with Gasteiger partial charge in [-0.3, -0.25) is 33.7 Å². The first kappa shape index (κ1) is 60.2. The van der Waals surface area contributed by atoms with Gasteiger partial charge in [0.1, 0.15) is 18.2 Å². The number of carbonyl (C=O) groups is 8. The number of benzene rings is 1. The molecule has 19 nitrogen and oxygen atoms in total. The van der Waals surface area contributed by atoms with Gasteiger partial charge < -0.3 is 44.6 Å². The molecule has 2 fully saturated rings. The van der Waals surface area contributed by atoms with E-state index in [4.69, 9.17) is 19.0 Å². The van der Waals surface area contributed by atoms with Crippen molar-refractivity contribution in [2.24, 2.45) is 29.1 Å². The maximum Gasteiger partial charge on any atom is 0.410 e. The van der Waals surface area contributed by atoms with Crippen LogP contribution in [-0.4, -0.2) is 156 Å². The van der Waals surface area contributed by atoms with Gasteiger partial charge in [0.25, 0.3) is 11.8 Å². The lowest BCUT2D eigenvalue weighted by atomic mass is 9.79. The third-order valence-electron chi connectivity index (χ3n) is 15.2. The number of amides is 7. The standard InChI is InChI=1S/C54H84N6O13/c1-14-34(6)46(40(70-12)31-43(63)59-30-20-24-39(59)48(71-13)35(7)49(65)55-36(8)47(64)37-21-16-15-17-22-37)57(10)51(67)44(32(2)3)56-50(66)45(33(4)5)58(11)53(69)72-38-23-18-19-28-54(9,29-27-38)52(68)73-60-41(61)25-26-42(60)62/h15-18,21-23,32-36,38-40,44-48,64H,14,19-20,24-31H2,1-13H3,(H,55,65)(H,56,66)/b23-18+/t34-,35+,36+,38-,39-,40+,44?,45-,46-,47+,48+,54+/m0/s1. The summed E-state index contributed by atoms with van der Waals surface area (Å²) in [4.78, 5) is 118. The predicted octanol–water partition coefficient (Wildman–Crippen LogP) is 5.49. The monoisotopic (exact) mass is 1020 g/mol. The minimum absolute atomic E-state index is 0.0256. The van der Waals surface area contributed by atoms with Crippen LogP contribution < -0.4 is 10.6 Å². The van der Waals surface area contributed by atoms with Crippen LogP contribution in [0, 0.1) is 29.1 Å². The number of hydroxylamine groups is 2. The second kappa shape index (κ2) is 27.2. The summed E-state index contributed by atoms with van der Waals surface area (Å²) < 4.78 is 17.9. The van der Waals surface area contributed by atoms with Gasteiger partial charge in [-0.05, 0) is 81.8 Å². The van der Waals surface area contributed by atoms with Gasteiger partial charge in [0.15, 0.2) is 0 Å². The number of hydrogen-bond acceptors (Lipinski definition) is 13. The lowest BCUT2D eigenvalue weighted by molar-refractivity contribution is -0.205. The molecule has 0 radical (unpaired) electrons. The number of methoxy groups -OCH3 is 2. The van der Waals surface area contributed by atoms with Crippen LogP contribution in [0.3, 0.4) is 0 Å². The number of likely N-dealkylation sites (tertiary alicyclic amines) is 1. The molecule has 1 aromatic carbocycles. The number of ether oxygens (including phenoxy) is 3. The van der Waals surface area contributed by atoms with Crippen LogP contribution in [0.1, 0.15) is 138 Å². The van der Waals surface area contributed by atoms with E-state index in [9.17, 15) is 43.5 Å². The number of nitrogens with one attached hydrogen (secondary N) is 2. The van der Waals surface area contributed by atoms with Gasteiger partial charge in [-0.1, -0.05) is 91.3 Å². The van der Waals surface area contributed by atoms with E-state index in [1.807, 2.05) is 45.9 Å². The molecule has 0 aromatic heterocycles. The zero-order valence-corrected chi connectivity index (χ0v) is 45.5. The molecule has 408 valence electrons. The predicted molar refractivity (Wildman–Crippen MR) is 271 cm³/mol. The second-order valence-electron chi connectivity index (χ2n) is 21.2. The molecule has 2 saturated heterocycles. The Morgan fingerprint density at radius 3 is 2.07 bits per heavy atom. The zero-order valence-electron chi connectivity index (χ0n) is 45.5. The Morgan fingerprint density at radius 1 is 0.849 bits per heavy atom. The van der Waals surface area contributed by atoms with Crippen LogP contribution >= 0.6 is 0 Å². The fraction of sp³-hybridized carbons (Fsp3) is 0.704. The van der Waals surface area contributed by atoms with Gasteiger partial charge in [-0.2, -0.15) is 0 Å². The van der Waals surface area contributed by atoms with E-state index < -0.39 is 113 Å². The van der Waals surface area contributed by atoms with E-state index in [-0.39, 0.29) is 49.8 Å². The number of aliphatic hydroxyl groups excluding tert-OH is 1. The molecule has 2 heterocycles. The summed E-state index contributed by atoms with van der Waals surface area (Å²) in [5.41, 5.74) is -0.403. The van der Waals surface area contributed by atoms with Gasteiger partial charge in [0.2, 0.25) is 23.6 Å². The topological polar surface area (TPSA) is 231 Å². The van der Waals surface area contributed by atoms with Crippen molar-refractivity contribution in [3.63, 3.8) is 0 Å². The van der Waals surface area contributed by atoms with Crippen LogP contribution in [0.15, 0.2) is 42.5 Å². The van der Waals surface area contributed by atoms with Crippen molar-refractivity contribution in [2.45, 2.75) is 181 Å². The first-order valence-electron chi connectivity index (χ1n) is 26.1. The molecule has 73 heavy (non-hydrogen) atoms. The Labute approximate surface area is 432 Å². The minimum Gasteiger partial charge on any atom is -0.442 e. The second-order valence-corrected chi connectivity index (χ2v) is 21.2. The number of nitrogens with zero attached hydrogens (tertiary/aromatic N) is 4. The lowest BCUT2D eigenvalue weighted by Crippen LogP contribution is -2.60. The van der Waals surface area contributed by atoms with Crippen LogP contribution in [0.2, 0.25) is 0 Å². The number of aliphatic hydroxyl groups is 1. The maximum atomic E-state index is 14.7. The molecule has 3 N–H and O–H groups in total. The molecule has 0 saturated carbocycles. The fourth-order valence-electron chi connectivity index (χ4n) is 10.4. The Hall–Kier alpha value is -5.40. The third kappa shape index (κ3) is 15.1. The number of rotatable bonds is 23. The molecule has 4 rings (SSSR count). The Morgan fingerprint density at radius 2 is 1.49 bits per heavy atom. The first-order chi connectivity index (χ1) is 34.4. The van der Waals surface area contributed by atoms with Gasteiger partial charge in [-0.25, -0.2) is 9.59 Å². The lowest BCUT2D eigenvalue weighted by Gasteiger charge is -2.41. The van der Waals surface area contributed by atoms with Crippen LogP contribution in [-0.2, 0) is 52.6 Å². The fourth-order valence-corrected chi connectivity index (χ4v) is 10.4. The van der Waals surface area contributed by atoms with E-state index in [2.05, 4.69) is 10.6 Å².